The van der Waals surface area contributed by atoms with E-state index in [-0.39, 0.29) is 5.92 Å². The van der Waals surface area contributed by atoms with Crippen molar-refractivity contribution in [1.29, 1.82) is 5.26 Å². The average molecular weight is 972 g/mol. The Kier molecular flexibility index (Phi) is 9.94. The van der Waals surface area contributed by atoms with Crippen molar-refractivity contribution in [1.82, 2.24) is 27.9 Å². The summed E-state index contributed by atoms with van der Waals surface area (Å²) < 4.78 is 9.13. The lowest BCUT2D eigenvalue weighted by Gasteiger charge is -2.21. The highest BCUT2D eigenvalue weighted by Crippen LogP contribution is 2.47. The van der Waals surface area contributed by atoms with Gasteiger partial charge in [-0.15, -0.1) is 0 Å². The molecule has 7 nitrogen and oxygen atoms in total. The van der Waals surface area contributed by atoms with Crippen LogP contribution in [0.4, 0.5) is 0 Å². The first kappa shape index (κ1) is 43.3. The zero-order chi connectivity index (χ0) is 50.3. The van der Waals surface area contributed by atoms with Crippen molar-refractivity contribution in [3.8, 4) is 73.1 Å². The molecular weight excluding hydrogens is 927 g/mol. The van der Waals surface area contributed by atoms with Crippen LogP contribution in [0, 0.1) is 11.3 Å². The van der Waals surface area contributed by atoms with Crippen molar-refractivity contribution in [3.05, 3.63) is 266 Å². The highest BCUT2D eigenvalue weighted by molar-refractivity contribution is 6.04. The van der Waals surface area contributed by atoms with Crippen LogP contribution in [0.5, 0.6) is 0 Å². The molecule has 4 heterocycles. The molecule has 0 saturated heterocycles. The Labute approximate surface area is 438 Å². The van der Waals surface area contributed by atoms with Gasteiger partial charge in [0.1, 0.15) is 6.07 Å². The van der Waals surface area contributed by atoms with Gasteiger partial charge < -0.3 is 0 Å². The van der Waals surface area contributed by atoms with E-state index in [0.717, 1.165) is 129 Å². The molecule has 1 unspecified atom stereocenters. The van der Waals surface area contributed by atoms with Gasteiger partial charge in [-0.3, -0.25) is 17.9 Å². The predicted molar refractivity (Wildman–Crippen MR) is 310 cm³/mol. The molecule has 7 heteroatoms. The lowest BCUT2D eigenvalue weighted by atomic mass is 9.81. The number of fused-ring (bicyclic) bond motifs is 10. The number of nitrogens with zero attached hydrogens (tertiary/aromatic N) is 7. The number of benzene rings is 10. The summed E-state index contributed by atoms with van der Waals surface area (Å²) in [5.74, 6) is 1.95. The molecule has 1 aliphatic carbocycles. The Hall–Kier alpha value is -10.3. The lowest BCUT2D eigenvalue weighted by molar-refractivity contribution is 0.855. The van der Waals surface area contributed by atoms with Gasteiger partial charge in [0.05, 0.1) is 49.7 Å². The number of rotatable bonds is 8. The fourth-order valence-corrected chi connectivity index (χ4v) is 11.8. The maximum atomic E-state index is 11.9. The molecule has 76 heavy (non-hydrogen) atoms. The first-order valence-electron chi connectivity index (χ1n) is 25.8. The second-order valence-electron chi connectivity index (χ2n) is 19.7. The third-order valence-corrected chi connectivity index (χ3v) is 15.3. The van der Waals surface area contributed by atoms with E-state index in [1.807, 2.05) is 12.1 Å². The van der Waals surface area contributed by atoms with Gasteiger partial charge in [-0.2, -0.15) is 5.26 Å². The fourth-order valence-electron chi connectivity index (χ4n) is 11.8. The topological polar surface area (TPSA) is 68.2 Å². The van der Waals surface area contributed by atoms with Crippen LogP contribution < -0.4 is 0 Å². The van der Waals surface area contributed by atoms with Crippen LogP contribution in [0.15, 0.2) is 255 Å². The van der Waals surface area contributed by atoms with Crippen molar-refractivity contribution in [3.63, 3.8) is 0 Å². The molecule has 10 aromatic carbocycles. The second kappa shape index (κ2) is 17.4. The number of nitriles is 1. The first-order valence-corrected chi connectivity index (χ1v) is 25.8. The second-order valence-corrected chi connectivity index (χ2v) is 19.7. The van der Waals surface area contributed by atoms with E-state index in [1.54, 1.807) is 0 Å². The minimum Gasteiger partial charge on any atom is -0.278 e. The Morgan fingerprint density at radius 3 is 1.47 bits per heavy atom. The summed E-state index contributed by atoms with van der Waals surface area (Å²) in [5.41, 5.74) is 21.7. The monoisotopic (exact) mass is 971 g/mol. The van der Waals surface area contributed by atoms with Crippen LogP contribution in [0.25, 0.3) is 123 Å². The minimum absolute atomic E-state index is 0.285. The van der Waals surface area contributed by atoms with E-state index in [9.17, 15) is 5.26 Å². The van der Waals surface area contributed by atoms with E-state index >= 15 is 0 Å². The van der Waals surface area contributed by atoms with E-state index < -0.39 is 0 Å². The van der Waals surface area contributed by atoms with Gasteiger partial charge in [0, 0.05) is 28.4 Å². The van der Waals surface area contributed by atoms with E-state index in [0.29, 0.717) is 5.56 Å². The zero-order valence-corrected chi connectivity index (χ0v) is 41.2. The maximum Gasteiger partial charge on any atom is 0.220 e. The average Bonchev–Trinajstić information content (AvgIpc) is 4.31. The Bertz CT molecular complexity index is 4700. The third-order valence-electron chi connectivity index (χ3n) is 15.3. The summed E-state index contributed by atoms with van der Waals surface area (Å²) in [6, 6.07) is 84.2. The summed E-state index contributed by atoms with van der Waals surface area (Å²) in [4.78, 5) is 10.7. The highest BCUT2D eigenvalue weighted by Gasteiger charge is 2.27. The van der Waals surface area contributed by atoms with Gasteiger partial charge in [0.2, 0.25) is 11.6 Å². The Morgan fingerprint density at radius 1 is 0.395 bits per heavy atom. The van der Waals surface area contributed by atoms with Crippen LogP contribution in [-0.4, -0.2) is 27.9 Å². The van der Waals surface area contributed by atoms with Gasteiger partial charge >= 0.3 is 0 Å². The standard InChI is InChI=1S/C69H45N7/c70-44-57-66(48-25-13-4-14-26-48)56(51-33-37-60-64(41-51)75-62-39-49(45-19-7-1-8-20-45)31-35-58(62)71-68(75)73(60)53-27-15-5-16-28-53)43-55(47-23-11-3-12-24-47)67(57)52-34-38-61-65(42-52)76-63-40-50(46-21-9-2-10-22-46)32-36-59(63)72-69(76)74(61)54-29-17-6-18-30-54/h1-19,21-43,45H,20H2. The molecule has 1 aliphatic rings. The molecule has 0 fully saturated rings. The lowest BCUT2D eigenvalue weighted by Crippen LogP contribution is -1.99. The number of hydrogen-bond acceptors (Lipinski definition) is 3. The summed E-state index contributed by atoms with van der Waals surface area (Å²) in [7, 11) is 0. The third kappa shape index (κ3) is 6.82. The molecule has 0 radical (unpaired) electrons. The molecule has 14 aromatic rings. The van der Waals surface area contributed by atoms with E-state index in [1.165, 1.54) is 5.56 Å². The quantitative estimate of drug-likeness (QED) is 0.152. The number of aromatic nitrogens is 6. The van der Waals surface area contributed by atoms with Crippen LogP contribution in [0.3, 0.4) is 0 Å². The number of imidazole rings is 4. The zero-order valence-electron chi connectivity index (χ0n) is 41.2. The van der Waals surface area contributed by atoms with Crippen molar-refractivity contribution >= 4 is 55.7 Å². The molecule has 4 aromatic heterocycles. The normalized spacial score (nSPS) is 13.5. The molecule has 0 saturated carbocycles. The van der Waals surface area contributed by atoms with Gasteiger partial charge in [-0.25, -0.2) is 9.97 Å². The first-order chi connectivity index (χ1) is 37.7. The maximum absolute atomic E-state index is 11.9. The largest absolute Gasteiger partial charge is 0.278 e. The Morgan fingerprint density at radius 2 is 0.882 bits per heavy atom. The van der Waals surface area contributed by atoms with Gasteiger partial charge in [0.15, 0.2) is 0 Å². The van der Waals surface area contributed by atoms with Crippen LogP contribution >= 0.6 is 0 Å². The minimum atomic E-state index is 0.285. The molecule has 15 rings (SSSR count). The van der Waals surface area contributed by atoms with Crippen molar-refractivity contribution < 1.29 is 0 Å². The SMILES string of the molecule is N#Cc1c(-c2ccccc2)c(-c2ccc3c(c2)n2c4cc(C5C=CC=CC5)ccc4nc2n3-c2ccccc2)cc(-c2ccccc2)c1-c1ccc2c(c1)n1c3cc(-c4ccccc4)ccc3nc1n2-c1ccccc1. The van der Waals surface area contributed by atoms with E-state index in [4.69, 9.17) is 9.97 Å². The molecular formula is C69H45N7. The van der Waals surface area contributed by atoms with Gasteiger partial charge in [-0.05, 0) is 135 Å². The molecule has 1 atom stereocenters. The van der Waals surface area contributed by atoms with Crippen molar-refractivity contribution in [2.24, 2.45) is 0 Å². The number of allylic oxidation sites excluding steroid dienone is 4. The van der Waals surface area contributed by atoms with Crippen LogP contribution in [0.1, 0.15) is 23.5 Å². The van der Waals surface area contributed by atoms with Crippen molar-refractivity contribution in [2.75, 3.05) is 0 Å². The van der Waals surface area contributed by atoms with Crippen LogP contribution in [0.2, 0.25) is 0 Å². The Balaban J connectivity index is 1.01. The number of hydrogen-bond donors (Lipinski definition) is 0. The number of para-hydroxylation sites is 2. The molecule has 0 amide bonds. The molecule has 356 valence electrons. The summed E-state index contributed by atoms with van der Waals surface area (Å²) in [5, 5.41) is 11.9. The van der Waals surface area contributed by atoms with E-state index in [2.05, 4.69) is 267 Å². The van der Waals surface area contributed by atoms with Crippen LogP contribution in [-0.2, 0) is 0 Å². The smallest absolute Gasteiger partial charge is 0.220 e. The van der Waals surface area contributed by atoms with Gasteiger partial charge in [0.25, 0.3) is 0 Å². The molecule has 0 aliphatic heterocycles. The van der Waals surface area contributed by atoms with Crippen molar-refractivity contribution in [2.45, 2.75) is 12.3 Å². The molecule has 0 bridgehead atoms. The highest BCUT2D eigenvalue weighted by atomic mass is 15.2. The summed E-state index contributed by atoms with van der Waals surface area (Å²) in [6.45, 7) is 0. The summed E-state index contributed by atoms with van der Waals surface area (Å²) >= 11 is 0. The fraction of sp³-hybridized carbons (Fsp3) is 0.0290. The van der Waals surface area contributed by atoms with Gasteiger partial charge in [-0.1, -0.05) is 176 Å². The summed E-state index contributed by atoms with van der Waals surface area (Å²) in [6.07, 6.45) is 9.76. The molecule has 0 N–H and O–H groups in total. The predicted octanol–water partition coefficient (Wildman–Crippen LogP) is 17.0. The molecule has 0 spiro atoms.